The molecule has 3 heterocycles. The van der Waals surface area contributed by atoms with Gasteiger partial charge in [-0.05, 0) is 25.2 Å². The first-order valence-corrected chi connectivity index (χ1v) is 11.4. The number of likely N-dealkylation sites (tertiary alicyclic amines) is 1. The van der Waals surface area contributed by atoms with E-state index in [1.807, 2.05) is 11.9 Å². The van der Waals surface area contributed by atoms with Gasteiger partial charge in [0.05, 0.1) is 19.7 Å². The van der Waals surface area contributed by atoms with Crippen molar-refractivity contribution in [2.24, 2.45) is 11.7 Å². The number of piperidine rings is 1. The molecule has 3 N–H and O–H groups in total. The van der Waals surface area contributed by atoms with Gasteiger partial charge in [0.25, 0.3) is 0 Å². The van der Waals surface area contributed by atoms with Crippen LogP contribution >= 0.6 is 0 Å². The number of likely N-dealkylation sites (N-methyl/N-ethyl adjacent to an activating group) is 1. The van der Waals surface area contributed by atoms with Gasteiger partial charge in [-0.25, -0.2) is 4.79 Å². The van der Waals surface area contributed by atoms with Crippen LogP contribution in [0.15, 0.2) is 0 Å². The molecule has 2 unspecified atom stereocenters. The number of esters is 1. The Labute approximate surface area is 185 Å². The average molecular weight is 439 g/mol. The van der Waals surface area contributed by atoms with E-state index in [1.54, 1.807) is 4.90 Å². The number of methoxy groups -OCH3 is 1. The Morgan fingerprint density at radius 2 is 1.77 bits per heavy atom. The van der Waals surface area contributed by atoms with Gasteiger partial charge in [-0.3, -0.25) is 20.0 Å². The number of cyclic esters (lactones) is 1. The number of nitrogens with zero attached hydrogens (tertiary/aromatic N) is 4. The number of nitrogens with two attached hydrogens (primary N) is 1. The van der Waals surface area contributed by atoms with Crippen LogP contribution in [0.25, 0.3) is 0 Å². The van der Waals surface area contributed by atoms with Gasteiger partial charge >= 0.3 is 12.1 Å². The topological polar surface area (TPSA) is 115 Å². The quantitative estimate of drug-likeness (QED) is 0.247. The minimum absolute atomic E-state index is 0.0687. The fraction of sp³-hybridized carbons (Fsp3) is 0.857. The zero-order chi connectivity index (χ0) is 22.4. The Bertz CT molecular complexity index is 631. The van der Waals surface area contributed by atoms with Crippen molar-refractivity contribution in [2.45, 2.75) is 50.8 Å². The molecule has 0 aliphatic carbocycles. The molecule has 1 amide bonds. The van der Waals surface area contributed by atoms with Crippen LogP contribution in [0.4, 0.5) is 4.79 Å². The van der Waals surface area contributed by atoms with Gasteiger partial charge in [-0.2, -0.15) is 0 Å². The summed E-state index contributed by atoms with van der Waals surface area (Å²) in [5.41, 5.74) is 5.58. The van der Waals surface area contributed by atoms with Crippen LogP contribution in [0.2, 0.25) is 0 Å². The third-order valence-electron chi connectivity index (χ3n) is 7.00. The lowest BCUT2D eigenvalue weighted by atomic mass is 9.91. The smallest absolute Gasteiger partial charge is 0.411 e. The molecular weight excluding hydrogens is 400 g/mol. The van der Waals surface area contributed by atoms with E-state index in [0.29, 0.717) is 12.5 Å². The molecule has 3 aliphatic heterocycles. The van der Waals surface area contributed by atoms with Gasteiger partial charge < -0.3 is 25.0 Å². The second-order valence-electron chi connectivity index (χ2n) is 8.94. The zero-order valence-corrected chi connectivity index (χ0v) is 18.9. The highest BCUT2D eigenvalue weighted by molar-refractivity contribution is 5.74. The van der Waals surface area contributed by atoms with Crippen molar-refractivity contribution in [3.63, 3.8) is 0 Å². The molecule has 0 saturated carbocycles. The summed E-state index contributed by atoms with van der Waals surface area (Å²) in [6.45, 7) is 5.15. The van der Waals surface area contributed by atoms with Crippen molar-refractivity contribution in [2.75, 3.05) is 60.0 Å². The summed E-state index contributed by atoms with van der Waals surface area (Å²) >= 11 is 0. The van der Waals surface area contributed by atoms with E-state index >= 15 is 0 Å². The van der Waals surface area contributed by atoms with Gasteiger partial charge in [0, 0.05) is 46.3 Å². The third kappa shape index (κ3) is 6.22. The molecule has 3 fully saturated rings. The fourth-order valence-corrected chi connectivity index (χ4v) is 4.92. The van der Waals surface area contributed by atoms with Crippen molar-refractivity contribution in [1.82, 2.24) is 19.6 Å². The van der Waals surface area contributed by atoms with E-state index in [1.165, 1.54) is 13.5 Å². The number of guanidine groups is 1. The predicted molar refractivity (Wildman–Crippen MR) is 117 cm³/mol. The number of ether oxygens (including phenoxy) is 2. The molecule has 0 aromatic heterocycles. The lowest BCUT2D eigenvalue weighted by Crippen LogP contribution is -2.54. The van der Waals surface area contributed by atoms with Gasteiger partial charge in [0.1, 0.15) is 0 Å². The first-order chi connectivity index (χ1) is 14.9. The number of hydrogen-bond donors (Lipinski definition) is 2. The van der Waals surface area contributed by atoms with Crippen LogP contribution < -0.4 is 5.73 Å². The molecular formula is C21H38N6O4. The average Bonchev–Trinajstić information content (AvgIpc) is 3.05. The van der Waals surface area contributed by atoms with Gasteiger partial charge in [0.2, 0.25) is 0 Å². The minimum atomic E-state index is -0.247. The Morgan fingerprint density at radius 3 is 2.39 bits per heavy atom. The van der Waals surface area contributed by atoms with E-state index in [4.69, 9.17) is 20.6 Å². The molecule has 176 valence electrons. The predicted octanol–water partition coefficient (Wildman–Crippen LogP) is 0.720. The molecule has 0 aromatic carbocycles. The molecule has 3 saturated heterocycles. The number of carbonyl (C=O) groups excluding carboxylic acids is 2. The fourth-order valence-electron chi connectivity index (χ4n) is 4.92. The number of nitrogens with one attached hydrogen (secondary N) is 1. The number of unbranched alkanes of at least 4 members (excludes halogenated alkanes) is 1. The summed E-state index contributed by atoms with van der Waals surface area (Å²) in [7, 11) is 3.24. The second kappa shape index (κ2) is 11.0. The van der Waals surface area contributed by atoms with E-state index in [9.17, 15) is 9.59 Å². The molecule has 0 radical (unpaired) electrons. The van der Waals surface area contributed by atoms with Gasteiger partial charge in [-0.1, -0.05) is 19.3 Å². The molecule has 2 atom stereocenters. The number of carbonyl (C=O) groups is 2. The zero-order valence-electron chi connectivity index (χ0n) is 18.9. The maximum Gasteiger partial charge on any atom is 0.411 e. The van der Waals surface area contributed by atoms with Crippen LogP contribution in [0.3, 0.4) is 0 Å². The summed E-state index contributed by atoms with van der Waals surface area (Å²) in [5, 5.41) is 7.54. The van der Waals surface area contributed by atoms with E-state index in [0.717, 1.165) is 71.4 Å². The summed E-state index contributed by atoms with van der Waals surface area (Å²) in [6.07, 6.45) is 6.07. The molecule has 10 nitrogen and oxygen atoms in total. The summed E-state index contributed by atoms with van der Waals surface area (Å²) in [5.74, 6) is 0.670. The molecule has 0 bridgehead atoms. The largest absolute Gasteiger partial charge is 0.468 e. The molecule has 10 heteroatoms. The van der Waals surface area contributed by atoms with Crippen molar-refractivity contribution in [1.29, 1.82) is 5.41 Å². The Morgan fingerprint density at radius 1 is 1.13 bits per heavy atom. The monoisotopic (exact) mass is 438 g/mol. The highest BCUT2D eigenvalue weighted by Crippen LogP contribution is 2.28. The highest BCUT2D eigenvalue weighted by Gasteiger charge is 2.43. The molecule has 3 aliphatic rings. The summed E-state index contributed by atoms with van der Waals surface area (Å²) in [6, 6.07) is 0.0687. The number of amides is 1. The van der Waals surface area contributed by atoms with Gasteiger partial charge in [-0.15, -0.1) is 0 Å². The molecule has 3 rings (SSSR count). The Balaban J connectivity index is 1.40. The van der Waals surface area contributed by atoms with E-state index in [2.05, 4.69) is 9.80 Å². The molecule has 0 aromatic rings. The maximum atomic E-state index is 12.2. The lowest BCUT2D eigenvalue weighted by Gasteiger charge is -2.38. The van der Waals surface area contributed by atoms with Crippen LogP contribution in [-0.2, 0) is 14.3 Å². The second-order valence-corrected chi connectivity index (χ2v) is 8.94. The van der Waals surface area contributed by atoms with Crippen LogP contribution in [0.5, 0.6) is 0 Å². The van der Waals surface area contributed by atoms with Crippen molar-refractivity contribution in [3.05, 3.63) is 0 Å². The first-order valence-electron chi connectivity index (χ1n) is 11.4. The normalized spacial score (nSPS) is 26.2. The van der Waals surface area contributed by atoms with E-state index < -0.39 is 0 Å². The van der Waals surface area contributed by atoms with Crippen molar-refractivity contribution in [3.8, 4) is 0 Å². The maximum absolute atomic E-state index is 12.2. The third-order valence-corrected chi connectivity index (χ3v) is 7.00. The van der Waals surface area contributed by atoms with Crippen LogP contribution in [0, 0.1) is 11.3 Å². The van der Waals surface area contributed by atoms with Crippen LogP contribution in [-0.4, -0.2) is 110 Å². The summed E-state index contributed by atoms with van der Waals surface area (Å²) < 4.78 is 10.5. The Hall–Kier alpha value is -2.07. The Kier molecular flexibility index (Phi) is 8.36. The van der Waals surface area contributed by atoms with E-state index in [-0.39, 0.29) is 30.3 Å². The van der Waals surface area contributed by atoms with Crippen molar-refractivity contribution < 1.29 is 19.1 Å². The van der Waals surface area contributed by atoms with Gasteiger partial charge in [0.15, 0.2) is 12.2 Å². The van der Waals surface area contributed by atoms with Crippen LogP contribution in [0.1, 0.15) is 38.5 Å². The lowest BCUT2D eigenvalue weighted by molar-refractivity contribution is -0.142. The molecule has 31 heavy (non-hydrogen) atoms. The highest BCUT2D eigenvalue weighted by atomic mass is 16.6. The minimum Gasteiger partial charge on any atom is -0.468 e. The summed E-state index contributed by atoms with van der Waals surface area (Å²) in [4.78, 5) is 31.7. The van der Waals surface area contributed by atoms with Crippen molar-refractivity contribution >= 4 is 18.0 Å². The number of rotatable bonds is 8. The molecule has 0 spiro atoms. The SMILES string of the molecule is COC(=O)CN1CCN(C2OC(=O)N(C)C2CCCCC2CCN(C(=N)N)CC2)CC1. The first kappa shape index (κ1) is 23.6. The standard InChI is InChI=1S/C21H38N6O4/c1-24-17(6-4-3-5-16-7-9-27(10-8-16)20(22)23)19(31-21(24)29)26-13-11-25(12-14-26)15-18(28)30-2/h16-17,19H,3-15H2,1-2H3,(H3,22,23). The number of hydrogen-bond acceptors (Lipinski definition) is 7. The number of piperazine rings is 1.